The highest BCUT2D eigenvalue weighted by Crippen LogP contribution is 2.26. The predicted octanol–water partition coefficient (Wildman–Crippen LogP) is 1.11. The largest absolute Gasteiger partial charge is 0.341 e. The Balaban J connectivity index is 1.58. The maximum atomic E-state index is 12.8. The van der Waals surface area contributed by atoms with E-state index in [0.29, 0.717) is 19.6 Å². The maximum absolute atomic E-state index is 12.8. The SMILES string of the molecule is CN(C)Cc1nnc([C@H]2CCCN(C(=O)CN(C)Cc3cccnc3)C2)n1C. The van der Waals surface area contributed by atoms with Crippen molar-refractivity contribution in [1.29, 1.82) is 0 Å². The van der Waals surface area contributed by atoms with Gasteiger partial charge in [-0.15, -0.1) is 10.2 Å². The minimum atomic E-state index is 0.173. The second kappa shape index (κ2) is 9.25. The van der Waals surface area contributed by atoms with Crippen molar-refractivity contribution in [2.45, 2.75) is 31.8 Å². The molecule has 0 bridgehead atoms. The van der Waals surface area contributed by atoms with Gasteiger partial charge >= 0.3 is 0 Å². The van der Waals surface area contributed by atoms with Crippen LogP contribution < -0.4 is 0 Å². The summed E-state index contributed by atoms with van der Waals surface area (Å²) in [5.41, 5.74) is 1.11. The van der Waals surface area contributed by atoms with Crippen molar-refractivity contribution in [2.75, 3.05) is 40.8 Å². The molecule has 0 unspecified atom stereocenters. The van der Waals surface area contributed by atoms with Gasteiger partial charge in [0.05, 0.1) is 13.1 Å². The average molecular weight is 386 g/mol. The third-order valence-corrected chi connectivity index (χ3v) is 5.18. The number of carbonyl (C=O) groups is 1. The number of hydrogen-bond donors (Lipinski definition) is 0. The van der Waals surface area contributed by atoms with Gasteiger partial charge in [-0.3, -0.25) is 14.7 Å². The van der Waals surface area contributed by atoms with E-state index in [1.54, 1.807) is 6.20 Å². The Morgan fingerprint density at radius 1 is 1.25 bits per heavy atom. The van der Waals surface area contributed by atoms with Gasteiger partial charge < -0.3 is 14.4 Å². The molecule has 1 aliphatic rings. The minimum absolute atomic E-state index is 0.173. The molecule has 1 atom stereocenters. The molecule has 2 aromatic heterocycles. The summed E-state index contributed by atoms with van der Waals surface area (Å²) in [6.07, 6.45) is 5.65. The van der Waals surface area contributed by atoms with Crippen LogP contribution in [0.3, 0.4) is 0 Å². The van der Waals surface area contributed by atoms with Crippen LogP contribution in [0.25, 0.3) is 0 Å². The van der Waals surface area contributed by atoms with Gasteiger partial charge in [-0.05, 0) is 45.6 Å². The lowest BCUT2D eigenvalue weighted by Gasteiger charge is -2.33. The summed E-state index contributed by atoms with van der Waals surface area (Å²) in [6, 6.07) is 3.95. The molecule has 3 heterocycles. The van der Waals surface area contributed by atoms with Gasteiger partial charge in [-0.25, -0.2) is 0 Å². The zero-order valence-electron chi connectivity index (χ0n) is 17.4. The first kappa shape index (κ1) is 20.4. The first-order valence-corrected chi connectivity index (χ1v) is 9.82. The van der Waals surface area contributed by atoms with E-state index in [1.807, 2.05) is 56.3 Å². The van der Waals surface area contributed by atoms with Gasteiger partial charge in [0.15, 0.2) is 0 Å². The number of amides is 1. The topological polar surface area (TPSA) is 70.4 Å². The fourth-order valence-electron chi connectivity index (χ4n) is 3.76. The zero-order chi connectivity index (χ0) is 20.1. The molecular weight excluding hydrogens is 354 g/mol. The minimum Gasteiger partial charge on any atom is -0.341 e. The molecule has 0 spiro atoms. The fraction of sp³-hybridized carbons (Fsp3) is 0.600. The Kier molecular flexibility index (Phi) is 6.74. The van der Waals surface area contributed by atoms with Crippen molar-refractivity contribution < 1.29 is 4.79 Å². The molecule has 8 nitrogen and oxygen atoms in total. The highest BCUT2D eigenvalue weighted by molar-refractivity contribution is 5.78. The first-order chi connectivity index (χ1) is 13.4. The third kappa shape index (κ3) is 5.14. The Morgan fingerprint density at radius 3 is 2.79 bits per heavy atom. The molecule has 0 N–H and O–H groups in total. The van der Waals surface area contributed by atoms with E-state index in [4.69, 9.17) is 0 Å². The molecule has 3 rings (SSSR count). The van der Waals surface area contributed by atoms with Crippen LogP contribution in [0.5, 0.6) is 0 Å². The van der Waals surface area contributed by atoms with Gasteiger partial charge in [0, 0.05) is 45.0 Å². The van der Waals surface area contributed by atoms with Crippen molar-refractivity contribution in [3.8, 4) is 0 Å². The van der Waals surface area contributed by atoms with E-state index in [-0.39, 0.29) is 11.8 Å². The van der Waals surface area contributed by atoms with Crippen LogP contribution in [-0.2, 0) is 24.9 Å². The third-order valence-electron chi connectivity index (χ3n) is 5.18. The van der Waals surface area contributed by atoms with Crippen LogP contribution >= 0.6 is 0 Å². The van der Waals surface area contributed by atoms with Crippen molar-refractivity contribution in [1.82, 2.24) is 34.4 Å². The lowest BCUT2D eigenvalue weighted by molar-refractivity contribution is -0.133. The maximum Gasteiger partial charge on any atom is 0.236 e. The average Bonchev–Trinajstić information content (AvgIpc) is 3.02. The Hall–Kier alpha value is -2.32. The number of nitrogens with zero attached hydrogens (tertiary/aromatic N) is 7. The van der Waals surface area contributed by atoms with Crippen molar-refractivity contribution in [2.24, 2.45) is 7.05 Å². The second-order valence-electron chi connectivity index (χ2n) is 7.98. The van der Waals surface area contributed by atoms with Crippen LogP contribution in [0.4, 0.5) is 0 Å². The van der Waals surface area contributed by atoms with Crippen LogP contribution in [-0.4, -0.2) is 81.1 Å². The summed E-state index contributed by atoms with van der Waals surface area (Å²) in [4.78, 5) is 23.1. The molecule has 152 valence electrons. The molecule has 1 fully saturated rings. The number of hydrogen-bond acceptors (Lipinski definition) is 6. The number of likely N-dealkylation sites (N-methyl/N-ethyl adjacent to an activating group) is 1. The number of rotatable bonds is 7. The molecule has 1 amide bonds. The van der Waals surface area contributed by atoms with E-state index in [2.05, 4.69) is 24.6 Å². The summed E-state index contributed by atoms with van der Waals surface area (Å²) in [5.74, 6) is 2.36. The Bertz CT molecular complexity index is 774. The second-order valence-corrected chi connectivity index (χ2v) is 7.98. The quantitative estimate of drug-likeness (QED) is 0.711. The number of piperidine rings is 1. The molecule has 1 aliphatic heterocycles. The summed E-state index contributed by atoms with van der Waals surface area (Å²) in [7, 11) is 8.05. The smallest absolute Gasteiger partial charge is 0.236 e. The lowest BCUT2D eigenvalue weighted by Crippen LogP contribution is -2.44. The van der Waals surface area contributed by atoms with Gasteiger partial charge in [0.1, 0.15) is 11.6 Å². The Morgan fingerprint density at radius 2 is 2.07 bits per heavy atom. The molecule has 28 heavy (non-hydrogen) atoms. The lowest BCUT2D eigenvalue weighted by atomic mass is 9.97. The van der Waals surface area contributed by atoms with Crippen molar-refractivity contribution in [3.05, 3.63) is 41.7 Å². The molecule has 0 aromatic carbocycles. The zero-order valence-corrected chi connectivity index (χ0v) is 17.4. The highest BCUT2D eigenvalue weighted by atomic mass is 16.2. The molecule has 8 heteroatoms. The Labute approximate surface area is 167 Å². The number of aromatic nitrogens is 4. The summed E-state index contributed by atoms with van der Waals surface area (Å²) >= 11 is 0. The van der Waals surface area contributed by atoms with E-state index < -0.39 is 0 Å². The number of pyridine rings is 1. The van der Waals surface area contributed by atoms with Crippen LogP contribution in [0, 0.1) is 0 Å². The predicted molar refractivity (Wildman–Crippen MR) is 108 cm³/mol. The number of carbonyl (C=O) groups excluding carboxylic acids is 1. The summed E-state index contributed by atoms with van der Waals surface area (Å²) in [6.45, 7) is 3.42. The van der Waals surface area contributed by atoms with Gasteiger partial charge in [0.25, 0.3) is 0 Å². The molecular formula is C20H31N7O. The molecule has 0 aliphatic carbocycles. The van der Waals surface area contributed by atoms with Crippen LogP contribution in [0.15, 0.2) is 24.5 Å². The molecule has 0 radical (unpaired) electrons. The first-order valence-electron chi connectivity index (χ1n) is 9.82. The summed E-state index contributed by atoms with van der Waals surface area (Å²) in [5, 5.41) is 8.78. The van der Waals surface area contributed by atoms with Gasteiger partial charge in [0.2, 0.25) is 5.91 Å². The van der Waals surface area contributed by atoms with Crippen molar-refractivity contribution in [3.63, 3.8) is 0 Å². The molecule has 0 saturated carbocycles. The van der Waals surface area contributed by atoms with Crippen LogP contribution in [0.2, 0.25) is 0 Å². The summed E-state index contributed by atoms with van der Waals surface area (Å²) < 4.78 is 2.09. The highest BCUT2D eigenvalue weighted by Gasteiger charge is 2.28. The van der Waals surface area contributed by atoms with Crippen LogP contribution in [0.1, 0.15) is 36.0 Å². The van der Waals surface area contributed by atoms with Gasteiger partial charge in [-0.2, -0.15) is 0 Å². The van der Waals surface area contributed by atoms with E-state index in [0.717, 1.165) is 43.1 Å². The van der Waals surface area contributed by atoms with Gasteiger partial charge in [-0.1, -0.05) is 6.07 Å². The molecule has 1 saturated heterocycles. The fourth-order valence-corrected chi connectivity index (χ4v) is 3.76. The normalized spacial score (nSPS) is 17.5. The van der Waals surface area contributed by atoms with E-state index >= 15 is 0 Å². The number of likely N-dealkylation sites (tertiary alicyclic amines) is 1. The standard InChI is InChI=1S/C20H31N7O/c1-24(2)14-18-22-23-20(26(18)4)17-8-6-10-27(13-17)19(28)15-25(3)12-16-7-5-9-21-11-16/h5,7,9,11,17H,6,8,10,12-15H2,1-4H3/t17-/m0/s1. The van der Waals surface area contributed by atoms with E-state index in [1.165, 1.54) is 0 Å². The molecule has 2 aromatic rings. The monoisotopic (exact) mass is 385 g/mol. The van der Waals surface area contributed by atoms with E-state index in [9.17, 15) is 4.79 Å². The van der Waals surface area contributed by atoms with Crippen molar-refractivity contribution >= 4 is 5.91 Å².